The van der Waals surface area contributed by atoms with Crippen molar-refractivity contribution in [2.75, 3.05) is 39.2 Å². The molecule has 2 aromatic rings. The summed E-state index contributed by atoms with van der Waals surface area (Å²) in [5, 5.41) is 6.03. The predicted octanol–water partition coefficient (Wildman–Crippen LogP) is 3.89. The van der Waals surface area contributed by atoms with Crippen LogP contribution in [0.3, 0.4) is 0 Å². The molecule has 1 fully saturated rings. The molecule has 0 radical (unpaired) electrons. The predicted molar refractivity (Wildman–Crippen MR) is 137 cm³/mol. The Bertz CT molecular complexity index is 1010. The minimum Gasteiger partial charge on any atom is -0.491 e. The number of ether oxygens (including phenoxy) is 2. The van der Waals surface area contributed by atoms with Gasteiger partial charge in [-0.3, -0.25) is 14.5 Å². The van der Waals surface area contributed by atoms with Gasteiger partial charge in [-0.1, -0.05) is 13.3 Å². The van der Waals surface area contributed by atoms with Crippen molar-refractivity contribution in [3.63, 3.8) is 0 Å². The molecule has 0 bridgehead atoms. The highest BCUT2D eigenvalue weighted by molar-refractivity contribution is 7.09. The number of likely N-dealkylation sites (N-methyl/N-ethyl adjacent to an activating group) is 1. The first-order chi connectivity index (χ1) is 16.9. The fraction of sp³-hybridized carbons (Fsp3) is 0.577. The van der Waals surface area contributed by atoms with Crippen molar-refractivity contribution in [2.45, 2.75) is 51.8 Å². The van der Waals surface area contributed by atoms with Crippen LogP contribution in [0.2, 0.25) is 0 Å². The van der Waals surface area contributed by atoms with Gasteiger partial charge in [0.25, 0.3) is 5.91 Å². The molecule has 3 atom stereocenters. The van der Waals surface area contributed by atoms with E-state index in [0.717, 1.165) is 37.4 Å². The fourth-order valence-corrected chi connectivity index (χ4v) is 5.21. The number of thiazole rings is 1. The summed E-state index contributed by atoms with van der Waals surface area (Å²) in [5.74, 6) is 0.642. The van der Waals surface area contributed by atoms with Crippen molar-refractivity contribution < 1.29 is 19.1 Å². The highest BCUT2D eigenvalue weighted by atomic mass is 32.1. The molecule has 1 aromatic carbocycles. The summed E-state index contributed by atoms with van der Waals surface area (Å²) in [7, 11) is 3.48. The van der Waals surface area contributed by atoms with Gasteiger partial charge in [-0.25, -0.2) is 4.98 Å². The number of rotatable bonds is 5. The summed E-state index contributed by atoms with van der Waals surface area (Å²) in [6.07, 6.45) is 4.65. The van der Waals surface area contributed by atoms with Gasteiger partial charge in [0.05, 0.1) is 18.2 Å². The van der Waals surface area contributed by atoms with Crippen LogP contribution in [0, 0.1) is 11.8 Å². The van der Waals surface area contributed by atoms with E-state index in [1.807, 2.05) is 17.6 Å². The third kappa shape index (κ3) is 6.20. The number of aromatic nitrogens is 1. The van der Waals surface area contributed by atoms with Gasteiger partial charge in [0, 0.05) is 56.5 Å². The number of methoxy groups -OCH3 is 1. The number of carbonyl (C=O) groups excluding carboxylic acids is 2. The second-order valence-corrected chi connectivity index (χ2v) is 10.8. The first-order valence-corrected chi connectivity index (χ1v) is 13.2. The van der Waals surface area contributed by atoms with E-state index in [4.69, 9.17) is 9.47 Å². The van der Waals surface area contributed by atoms with E-state index in [1.54, 1.807) is 42.5 Å². The van der Waals surface area contributed by atoms with Crippen LogP contribution >= 0.6 is 11.3 Å². The Morgan fingerprint density at radius 2 is 2.09 bits per heavy atom. The lowest BCUT2D eigenvalue weighted by molar-refractivity contribution is -0.122. The Kier molecular flexibility index (Phi) is 8.41. The summed E-state index contributed by atoms with van der Waals surface area (Å²) in [5.41, 5.74) is 1.06. The highest BCUT2D eigenvalue weighted by Crippen LogP contribution is 2.30. The zero-order chi connectivity index (χ0) is 24.9. The summed E-state index contributed by atoms with van der Waals surface area (Å²) < 4.78 is 12.1. The number of amides is 2. The number of anilines is 1. The van der Waals surface area contributed by atoms with Gasteiger partial charge in [0.15, 0.2) is 0 Å². The van der Waals surface area contributed by atoms with Crippen LogP contribution < -0.4 is 10.1 Å². The average Bonchev–Trinajstić information content (AvgIpc) is 3.31. The van der Waals surface area contributed by atoms with E-state index >= 15 is 0 Å². The van der Waals surface area contributed by atoms with Crippen molar-refractivity contribution in [1.82, 2.24) is 14.8 Å². The Morgan fingerprint density at radius 1 is 1.29 bits per heavy atom. The fourth-order valence-electron chi connectivity index (χ4n) is 4.57. The molecule has 0 spiro atoms. The summed E-state index contributed by atoms with van der Waals surface area (Å²) in [6, 6.07) is 5.43. The molecule has 1 aromatic heterocycles. The minimum absolute atomic E-state index is 0.0193. The van der Waals surface area contributed by atoms with Crippen molar-refractivity contribution in [2.24, 2.45) is 11.8 Å². The highest BCUT2D eigenvalue weighted by Gasteiger charge is 2.29. The van der Waals surface area contributed by atoms with Gasteiger partial charge in [0.2, 0.25) is 5.91 Å². The quantitative estimate of drug-likeness (QED) is 0.671. The second-order valence-electron chi connectivity index (χ2n) is 9.78. The molecule has 1 N–H and O–H groups in total. The Hall–Kier alpha value is -2.49. The normalized spacial score (nSPS) is 24.5. The van der Waals surface area contributed by atoms with Gasteiger partial charge in [-0.15, -0.1) is 11.3 Å². The van der Waals surface area contributed by atoms with Crippen LogP contribution in [0.15, 0.2) is 29.8 Å². The molecule has 0 unspecified atom stereocenters. The number of hydrogen-bond acceptors (Lipinski definition) is 7. The van der Waals surface area contributed by atoms with Crippen LogP contribution in [0.5, 0.6) is 5.75 Å². The summed E-state index contributed by atoms with van der Waals surface area (Å²) in [4.78, 5) is 34.5. The minimum atomic E-state index is -0.151. The Morgan fingerprint density at radius 3 is 2.74 bits per heavy atom. The zero-order valence-electron chi connectivity index (χ0n) is 21.0. The molecular weight excluding hydrogens is 464 g/mol. The third-order valence-electron chi connectivity index (χ3n) is 7.14. The van der Waals surface area contributed by atoms with Crippen LogP contribution in [-0.2, 0) is 16.1 Å². The topological polar surface area (TPSA) is 84.0 Å². The molecular formula is C26H36N4O4S. The largest absolute Gasteiger partial charge is 0.491 e. The van der Waals surface area contributed by atoms with E-state index in [0.29, 0.717) is 30.2 Å². The van der Waals surface area contributed by atoms with Crippen molar-refractivity contribution in [3.8, 4) is 5.75 Å². The molecule has 8 nitrogen and oxygen atoms in total. The maximum Gasteiger partial charge on any atom is 0.257 e. The molecule has 2 amide bonds. The Balaban J connectivity index is 1.60. The number of carbonyl (C=O) groups is 2. The standard InChI is InChI=1S/C26H36N4O4S/c1-17-13-30(15-24-27-10-11-35-24)18(2)16-34-22-9-8-20(28-25(31)19-6-5-7-19)12-21(22)26(32)29(3)14-23(17)33-4/h8-12,17-19,23H,5-7,13-16H2,1-4H3,(H,28,31)/t17-,18-,23-/m1/s1. The van der Waals surface area contributed by atoms with Crippen LogP contribution in [0.25, 0.3) is 0 Å². The van der Waals surface area contributed by atoms with Crippen LogP contribution in [0.1, 0.15) is 48.5 Å². The number of hydrogen-bond donors (Lipinski definition) is 1. The average molecular weight is 501 g/mol. The van der Waals surface area contributed by atoms with Gasteiger partial charge in [0.1, 0.15) is 17.4 Å². The molecule has 2 heterocycles. The molecule has 4 rings (SSSR count). The molecule has 9 heteroatoms. The Labute approximate surface area is 211 Å². The maximum atomic E-state index is 13.5. The maximum absolute atomic E-state index is 13.5. The zero-order valence-corrected chi connectivity index (χ0v) is 21.8. The van der Waals surface area contributed by atoms with Crippen molar-refractivity contribution >= 4 is 28.8 Å². The molecule has 1 saturated carbocycles. The number of nitrogens with one attached hydrogen (secondary N) is 1. The van der Waals surface area contributed by atoms with Gasteiger partial charge >= 0.3 is 0 Å². The smallest absolute Gasteiger partial charge is 0.257 e. The molecule has 190 valence electrons. The number of fused-ring (bicyclic) bond motifs is 1. The van der Waals surface area contributed by atoms with Gasteiger partial charge in [-0.2, -0.15) is 0 Å². The summed E-state index contributed by atoms with van der Waals surface area (Å²) in [6.45, 7) is 6.69. The van der Waals surface area contributed by atoms with Crippen molar-refractivity contribution in [1.29, 1.82) is 0 Å². The van der Waals surface area contributed by atoms with Crippen molar-refractivity contribution in [3.05, 3.63) is 40.3 Å². The number of nitrogens with zero attached hydrogens (tertiary/aromatic N) is 3. The lowest BCUT2D eigenvalue weighted by Crippen LogP contribution is -2.46. The molecule has 35 heavy (non-hydrogen) atoms. The molecule has 0 saturated heterocycles. The van der Waals surface area contributed by atoms with E-state index in [1.165, 1.54) is 0 Å². The number of benzene rings is 1. The van der Waals surface area contributed by atoms with E-state index in [9.17, 15) is 9.59 Å². The van der Waals surface area contributed by atoms with Gasteiger partial charge in [-0.05, 0) is 43.9 Å². The lowest BCUT2D eigenvalue weighted by atomic mass is 9.85. The second kappa shape index (κ2) is 11.5. The monoisotopic (exact) mass is 500 g/mol. The van der Waals surface area contributed by atoms with Crippen LogP contribution in [0.4, 0.5) is 5.69 Å². The molecule has 1 aliphatic carbocycles. The van der Waals surface area contributed by atoms with Crippen LogP contribution in [-0.4, -0.2) is 72.6 Å². The summed E-state index contributed by atoms with van der Waals surface area (Å²) >= 11 is 1.65. The van der Waals surface area contributed by atoms with Gasteiger partial charge < -0.3 is 19.7 Å². The first kappa shape index (κ1) is 25.6. The van der Waals surface area contributed by atoms with E-state index < -0.39 is 0 Å². The van der Waals surface area contributed by atoms with E-state index in [2.05, 4.69) is 29.0 Å². The first-order valence-electron chi connectivity index (χ1n) is 12.3. The third-order valence-corrected chi connectivity index (χ3v) is 7.90. The molecule has 1 aliphatic heterocycles. The van der Waals surface area contributed by atoms with E-state index in [-0.39, 0.29) is 35.8 Å². The molecule has 2 aliphatic rings. The lowest BCUT2D eigenvalue weighted by Gasteiger charge is -2.35. The SMILES string of the molecule is CO[C@@H]1CN(C)C(=O)c2cc(NC(=O)C3CCC3)ccc2OC[C@@H](C)N(Cc2nccs2)C[C@H]1C.